The number of aromatic nitrogens is 4. The average Bonchev–Trinajstić information content (AvgIpc) is 2.75. The van der Waals surface area contributed by atoms with Gasteiger partial charge in [0.05, 0.1) is 0 Å². The molecule has 29 heavy (non-hydrogen) atoms. The number of pyridine rings is 4. The van der Waals surface area contributed by atoms with Crippen LogP contribution in [0.15, 0.2) is 122 Å². The van der Waals surface area contributed by atoms with Crippen LogP contribution in [-0.2, 0) is 51.2 Å². The van der Waals surface area contributed by atoms with E-state index < -0.39 is 0 Å². The molecular weight excluding hydrogens is 448 g/mol. The van der Waals surface area contributed by atoms with E-state index in [-0.39, 0.29) is 51.2 Å². The van der Waals surface area contributed by atoms with Crippen LogP contribution in [0.4, 0.5) is 0 Å². The summed E-state index contributed by atoms with van der Waals surface area (Å²) >= 11 is 0. The Morgan fingerprint density at radius 1 is 0.241 bits per heavy atom. The third kappa shape index (κ3) is 30.5. The van der Waals surface area contributed by atoms with Crippen LogP contribution in [0.3, 0.4) is 0 Å². The van der Waals surface area contributed by atoms with Crippen molar-refractivity contribution in [3.05, 3.63) is 122 Å². The van der Waals surface area contributed by atoms with Gasteiger partial charge in [-0.05, 0) is 48.5 Å². The fourth-order valence-electron chi connectivity index (χ4n) is 1.25. The van der Waals surface area contributed by atoms with Crippen molar-refractivity contribution in [2.75, 3.05) is 0 Å². The molecule has 0 saturated carbocycles. The van der Waals surface area contributed by atoms with Gasteiger partial charge in [0.1, 0.15) is 0 Å². The standard InChI is InChI=1S/4C5H5N.2Cr.3O/c4*1-2-4-6-5-3-1;;;;;/h4*1-5H;;;;;/q;;;;2*+3;3*-2. The van der Waals surface area contributed by atoms with Gasteiger partial charge in [-0.15, -0.1) is 0 Å². The molecule has 4 rings (SSSR count). The molecule has 0 aliphatic rings. The first-order valence-corrected chi connectivity index (χ1v) is 7.40. The monoisotopic (exact) mass is 468 g/mol. The van der Waals surface area contributed by atoms with E-state index in [1.165, 1.54) is 0 Å². The second-order valence-corrected chi connectivity index (χ2v) is 4.10. The third-order valence-corrected chi connectivity index (χ3v) is 2.27. The zero-order valence-electron chi connectivity index (χ0n) is 15.4. The van der Waals surface area contributed by atoms with Gasteiger partial charge in [-0.2, -0.15) is 0 Å². The Morgan fingerprint density at radius 2 is 0.379 bits per heavy atom. The van der Waals surface area contributed by atoms with E-state index in [0.29, 0.717) is 0 Å². The molecule has 7 nitrogen and oxygen atoms in total. The van der Waals surface area contributed by atoms with Gasteiger partial charge in [0.25, 0.3) is 0 Å². The van der Waals surface area contributed by atoms with E-state index in [1.54, 1.807) is 49.6 Å². The summed E-state index contributed by atoms with van der Waals surface area (Å²) in [6.45, 7) is 0. The molecule has 4 aromatic rings. The number of rotatable bonds is 0. The van der Waals surface area contributed by atoms with Crippen molar-refractivity contribution < 1.29 is 51.2 Å². The smallest absolute Gasteiger partial charge is 2.00 e. The second-order valence-electron chi connectivity index (χ2n) is 4.10. The maximum Gasteiger partial charge on any atom is 3.00 e. The molecule has 0 aliphatic carbocycles. The van der Waals surface area contributed by atoms with Gasteiger partial charge in [0, 0.05) is 49.6 Å². The minimum atomic E-state index is 0. The minimum absolute atomic E-state index is 0. The van der Waals surface area contributed by atoms with Crippen LogP contribution in [-0.4, -0.2) is 19.9 Å². The van der Waals surface area contributed by atoms with Crippen LogP contribution in [0, 0.1) is 0 Å². The van der Waals surface area contributed by atoms with Crippen molar-refractivity contribution in [1.29, 1.82) is 0 Å². The van der Waals surface area contributed by atoms with Crippen LogP contribution < -0.4 is 0 Å². The Bertz CT molecular complexity index is 454. The molecule has 4 heterocycles. The molecule has 2 radical (unpaired) electrons. The van der Waals surface area contributed by atoms with Gasteiger partial charge in [0.15, 0.2) is 0 Å². The average molecular weight is 468 g/mol. The third-order valence-electron chi connectivity index (χ3n) is 2.27. The van der Waals surface area contributed by atoms with E-state index in [2.05, 4.69) is 19.9 Å². The predicted octanol–water partition coefficient (Wildman–Crippen LogP) is 3.97. The molecule has 0 amide bonds. The van der Waals surface area contributed by atoms with Crippen molar-refractivity contribution >= 4 is 0 Å². The van der Waals surface area contributed by atoms with E-state index in [0.717, 1.165) is 0 Å². The Hall–Kier alpha value is -2.46. The Balaban J connectivity index is -0.0000000835. The van der Waals surface area contributed by atoms with Crippen LogP contribution in [0.25, 0.3) is 0 Å². The first-order chi connectivity index (χ1) is 12.0. The molecule has 0 aliphatic heterocycles. The van der Waals surface area contributed by atoms with Crippen LogP contribution in [0.2, 0.25) is 0 Å². The van der Waals surface area contributed by atoms with E-state index >= 15 is 0 Å². The van der Waals surface area contributed by atoms with Crippen molar-refractivity contribution in [1.82, 2.24) is 19.9 Å². The van der Waals surface area contributed by atoms with Crippen LogP contribution in [0.5, 0.6) is 0 Å². The molecule has 0 aromatic carbocycles. The first-order valence-electron chi connectivity index (χ1n) is 7.40. The minimum Gasteiger partial charge on any atom is -2.00 e. The van der Waals surface area contributed by atoms with Gasteiger partial charge in [0.2, 0.25) is 0 Å². The summed E-state index contributed by atoms with van der Waals surface area (Å²) in [5, 5.41) is 0. The Kier molecular flexibility index (Phi) is 42.7. The number of hydrogen-bond donors (Lipinski definition) is 0. The molecule has 0 atom stereocenters. The topological polar surface area (TPSA) is 137 Å². The molecule has 150 valence electrons. The van der Waals surface area contributed by atoms with Gasteiger partial charge >= 0.3 is 34.7 Å². The molecular formula is C20H20Cr2N4O3. The van der Waals surface area contributed by atoms with Crippen molar-refractivity contribution in [2.24, 2.45) is 0 Å². The summed E-state index contributed by atoms with van der Waals surface area (Å²) in [5.41, 5.74) is 0. The Morgan fingerprint density at radius 3 is 0.414 bits per heavy atom. The number of hydrogen-bond acceptors (Lipinski definition) is 4. The normalized spacial score (nSPS) is 6.62. The van der Waals surface area contributed by atoms with Gasteiger partial charge in [-0.1, -0.05) is 24.3 Å². The van der Waals surface area contributed by atoms with E-state index in [1.807, 2.05) is 72.8 Å². The molecule has 4 aromatic heterocycles. The van der Waals surface area contributed by atoms with E-state index in [9.17, 15) is 0 Å². The molecule has 0 spiro atoms. The van der Waals surface area contributed by atoms with Crippen LogP contribution >= 0.6 is 0 Å². The van der Waals surface area contributed by atoms with E-state index in [4.69, 9.17) is 0 Å². The summed E-state index contributed by atoms with van der Waals surface area (Å²) in [5.74, 6) is 0. The largest absolute Gasteiger partial charge is 3.00 e. The quantitative estimate of drug-likeness (QED) is 0.386. The molecule has 0 unspecified atom stereocenters. The van der Waals surface area contributed by atoms with Gasteiger partial charge < -0.3 is 16.4 Å². The molecule has 0 saturated heterocycles. The maximum absolute atomic E-state index is 3.78. The Labute approximate surface area is 193 Å². The first kappa shape index (κ1) is 37.3. The summed E-state index contributed by atoms with van der Waals surface area (Å²) in [4.78, 5) is 15.1. The SMILES string of the molecule is [Cr+3].[Cr+3].[O-2].[O-2].[O-2].c1ccncc1.c1ccncc1.c1ccncc1.c1ccncc1. The maximum atomic E-state index is 3.78. The number of nitrogens with zero attached hydrogens (tertiary/aromatic N) is 4. The molecule has 0 fully saturated rings. The van der Waals surface area contributed by atoms with Gasteiger partial charge in [-0.3, -0.25) is 19.9 Å². The summed E-state index contributed by atoms with van der Waals surface area (Å²) < 4.78 is 0. The fraction of sp³-hybridized carbons (Fsp3) is 0. The zero-order valence-corrected chi connectivity index (χ0v) is 17.9. The second kappa shape index (κ2) is 33.2. The summed E-state index contributed by atoms with van der Waals surface area (Å²) in [6, 6.07) is 22.9. The van der Waals surface area contributed by atoms with Crippen molar-refractivity contribution in [2.45, 2.75) is 0 Å². The van der Waals surface area contributed by atoms with Crippen molar-refractivity contribution in [3.8, 4) is 0 Å². The summed E-state index contributed by atoms with van der Waals surface area (Å²) in [6.07, 6.45) is 14.0. The predicted molar refractivity (Wildman–Crippen MR) is 99.0 cm³/mol. The van der Waals surface area contributed by atoms with Crippen LogP contribution in [0.1, 0.15) is 0 Å². The summed E-state index contributed by atoms with van der Waals surface area (Å²) in [7, 11) is 0. The molecule has 0 N–H and O–H groups in total. The van der Waals surface area contributed by atoms with Crippen molar-refractivity contribution in [3.63, 3.8) is 0 Å². The zero-order chi connectivity index (χ0) is 17.0. The molecule has 0 bridgehead atoms. The molecule has 9 heteroatoms. The van der Waals surface area contributed by atoms with Gasteiger partial charge in [-0.25, -0.2) is 0 Å². The fourth-order valence-corrected chi connectivity index (χ4v) is 1.25.